The zero-order chi connectivity index (χ0) is 23.8. The van der Waals surface area contributed by atoms with Crippen molar-refractivity contribution in [1.29, 1.82) is 0 Å². The normalized spacial score (nSPS) is 16.7. The van der Waals surface area contributed by atoms with Crippen molar-refractivity contribution >= 4 is 10.9 Å². The average Bonchev–Trinajstić information content (AvgIpc) is 3.54. The first-order chi connectivity index (χ1) is 17.2. The summed E-state index contributed by atoms with van der Waals surface area (Å²) in [4.78, 5) is 6.46. The second-order valence-corrected chi connectivity index (χ2v) is 9.34. The van der Waals surface area contributed by atoms with Crippen LogP contribution in [0.5, 0.6) is 0 Å². The molecule has 0 saturated carbocycles. The second kappa shape index (κ2) is 9.07. The quantitative estimate of drug-likeness (QED) is 0.357. The van der Waals surface area contributed by atoms with Crippen molar-refractivity contribution in [2.45, 2.75) is 32.4 Å². The molecule has 2 aromatic carbocycles. The van der Waals surface area contributed by atoms with E-state index in [9.17, 15) is 4.39 Å². The van der Waals surface area contributed by atoms with Gasteiger partial charge in [-0.15, -0.1) is 0 Å². The van der Waals surface area contributed by atoms with Crippen LogP contribution in [0.15, 0.2) is 73.3 Å². The molecule has 0 amide bonds. The van der Waals surface area contributed by atoms with Gasteiger partial charge in [-0.3, -0.25) is 19.7 Å². The topological polar surface area (TPSA) is 62.6 Å². The van der Waals surface area contributed by atoms with Gasteiger partial charge in [0, 0.05) is 53.8 Å². The monoisotopic (exact) mass is 466 g/mol. The van der Waals surface area contributed by atoms with Crippen LogP contribution in [0.3, 0.4) is 0 Å². The Hall–Kier alpha value is -3.84. The fourth-order valence-electron chi connectivity index (χ4n) is 5.09. The number of hydrogen-bond acceptors (Lipinski definition) is 4. The third-order valence-corrected chi connectivity index (χ3v) is 7.04. The molecule has 0 radical (unpaired) electrons. The highest BCUT2D eigenvalue weighted by molar-refractivity contribution is 5.95. The SMILES string of the molecule is Cc1cccc(F)c1CN1CCC[C@@H](n2cc(-c3ccc4[nH]nc(-c5ccncc5)c4c3)cn2)C1. The van der Waals surface area contributed by atoms with E-state index < -0.39 is 0 Å². The van der Waals surface area contributed by atoms with Crippen molar-refractivity contribution < 1.29 is 4.39 Å². The van der Waals surface area contributed by atoms with Crippen LogP contribution >= 0.6 is 0 Å². The number of aromatic nitrogens is 5. The molecular formula is C28H27FN6. The van der Waals surface area contributed by atoms with Crippen LogP contribution in [-0.2, 0) is 6.54 Å². The lowest BCUT2D eigenvalue weighted by Crippen LogP contribution is -2.36. The minimum atomic E-state index is -0.116. The van der Waals surface area contributed by atoms with Crippen LogP contribution in [-0.4, -0.2) is 43.0 Å². The van der Waals surface area contributed by atoms with Crippen LogP contribution in [0, 0.1) is 12.7 Å². The third kappa shape index (κ3) is 4.23. The van der Waals surface area contributed by atoms with Crippen molar-refractivity contribution in [3.05, 3.63) is 90.3 Å². The summed E-state index contributed by atoms with van der Waals surface area (Å²) in [6.07, 6.45) is 9.78. The van der Waals surface area contributed by atoms with Gasteiger partial charge in [0.2, 0.25) is 0 Å². The summed E-state index contributed by atoms with van der Waals surface area (Å²) in [6.45, 7) is 4.46. The summed E-state index contributed by atoms with van der Waals surface area (Å²) in [5.74, 6) is -0.116. The number of piperidine rings is 1. The summed E-state index contributed by atoms with van der Waals surface area (Å²) in [5.41, 5.74) is 6.95. The number of aryl methyl sites for hydroxylation is 1. The molecule has 5 aromatic rings. The van der Waals surface area contributed by atoms with Gasteiger partial charge in [0.1, 0.15) is 11.5 Å². The van der Waals surface area contributed by atoms with E-state index in [2.05, 4.69) is 49.2 Å². The minimum Gasteiger partial charge on any atom is -0.297 e. The molecule has 1 saturated heterocycles. The first-order valence-electron chi connectivity index (χ1n) is 12.0. The average molecular weight is 467 g/mol. The van der Waals surface area contributed by atoms with Gasteiger partial charge in [0.25, 0.3) is 0 Å². The predicted octanol–water partition coefficient (Wildman–Crippen LogP) is 5.77. The number of likely N-dealkylation sites (tertiary alicyclic amines) is 1. The van der Waals surface area contributed by atoms with E-state index in [1.807, 2.05) is 31.3 Å². The summed E-state index contributed by atoms with van der Waals surface area (Å²) >= 11 is 0. The van der Waals surface area contributed by atoms with Gasteiger partial charge >= 0.3 is 0 Å². The highest BCUT2D eigenvalue weighted by atomic mass is 19.1. The van der Waals surface area contributed by atoms with Crippen LogP contribution in [0.4, 0.5) is 4.39 Å². The molecule has 7 heteroatoms. The molecule has 0 unspecified atom stereocenters. The van der Waals surface area contributed by atoms with Crippen molar-refractivity contribution in [3.63, 3.8) is 0 Å². The number of fused-ring (bicyclic) bond motifs is 1. The molecule has 1 atom stereocenters. The Morgan fingerprint density at radius 3 is 2.80 bits per heavy atom. The Balaban J connectivity index is 1.23. The lowest BCUT2D eigenvalue weighted by Gasteiger charge is -2.33. The molecule has 35 heavy (non-hydrogen) atoms. The standard InChI is InChI=1S/C28H27FN6/c1-19-4-2-6-26(29)25(19)18-34-13-3-5-23(17-34)35-16-22(15-31-35)21-7-8-27-24(14-21)28(33-32-27)20-9-11-30-12-10-20/h2,4,6-12,14-16,23H,3,5,13,17-18H2,1H3,(H,32,33)/t23-/m1/s1. The van der Waals surface area contributed by atoms with Crippen molar-refractivity contribution in [2.75, 3.05) is 13.1 Å². The fraction of sp³-hybridized carbons (Fsp3) is 0.250. The summed E-state index contributed by atoms with van der Waals surface area (Å²) in [5, 5.41) is 13.5. The van der Waals surface area contributed by atoms with Gasteiger partial charge in [0.15, 0.2) is 0 Å². The minimum absolute atomic E-state index is 0.116. The van der Waals surface area contributed by atoms with Crippen molar-refractivity contribution in [2.24, 2.45) is 0 Å². The van der Waals surface area contributed by atoms with Crippen LogP contribution in [0.2, 0.25) is 0 Å². The molecule has 1 N–H and O–H groups in total. The van der Waals surface area contributed by atoms with Gasteiger partial charge in [-0.1, -0.05) is 18.2 Å². The van der Waals surface area contributed by atoms with E-state index in [0.29, 0.717) is 6.54 Å². The number of halogens is 1. The Kier molecular flexibility index (Phi) is 5.62. The molecule has 0 spiro atoms. The van der Waals surface area contributed by atoms with Crippen LogP contribution in [0.25, 0.3) is 33.3 Å². The summed E-state index contributed by atoms with van der Waals surface area (Å²) in [6, 6.07) is 15.9. The molecular weight excluding hydrogens is 439 g/mol. The van der Waals surface area contributed by atoms with E-state index in [0.717, 1.165) is 70.3 Å². The zero-order valence-corrected chi connectivity index (χ0v) is 19.7. The first-order valence-corrected chi connectivity index (χ1v) is 12.0. The largest absolute Gasteiger partial charge is 0.297 e. The molecule has 0 bridgehead atoms. The third-order valence-electron chi connectivity index (χ3n) is 7.04. The Morgan fingerprint density at radius 2 is 1.94 bits per heavy atom. The fourth-order valence-corrected chi connectivity index (χ4v) is 5.09. The molecule has 1 aliphatic heterocycles. The van der Waals surface area contributed by atoms with E-state index in [1.165, 1.54) is 0 Å². The van der Waals surface area contributed by atoms with Gasteiger partial charge in [-0.05, 0) is 67.8 Å². The van der Waals surface area contributed by atoms with Crippen molar-refractivity contribution in [3.8, 4) is 22.4 Å². The summed E-state index contributed by atoms with van der Waals surface area (Å²) < 4.78 is 16.5. The number of benzene rings is 2. The van der Waals surface area contributed by atoms with E-state index in [1.54, 1.807) is 24.5 Å². The van der Waals surface area contributed by atoms with Gasteiger partial charge < -0.3 is 0 Å². The lowest BCUT2D eigenvalue weighted by atomic mass is 10.0. The molecule has 176 valence electrons. The molecule has 4 heterocycles. The van der Waals surface area contributed by atoms with Crippen LogP contribution < -0.4 is 0 Å². The van der Waals surface area contributed by atoms with E-state index in [4.69, 9.17) is 5.10 Å². The number of nitrogens with one attached hydrogen (secondary N) is 1. The Bertz CT molecular complexity index is 1450. The Labute approximate surface area is 203 Å². The predicted molar refractivity (Wildman–Crippen MR) is 135 cm³/mol. The molecule has 0 aliphatic carbocycles. The van der Waals surface area contributed by atoms with Crippen molar-refractivity contribution in [1.82, 2.24) is 29.9 Å². The number of H-pyrrole nitrogens is 1. The molecule has 1 fully saturated rings. The number of rotatable bonds is 5. The second-order valence-electron chi connectivity index (χ2n) is 9.34. The van der Waals surface area contributed by atoms with E-state index in [-0.39, 0.29) is 11.9 Å². The summed E-state index contributed by atoms with van der Waals surface area (Å²) in [7, 11) is 0. The maximum absolute atomic E-state index is 14.4. The zero-order valence-electron chi connectivity index (χ0n) is 19.7. The highest BCUT2D eigenvalue weighted by Gasteiger charge is 2.23. The number of nitrogens with zero attached hydrogens (tertiary/aromatic N) is 5. The number of hydrogen-bond donors (Lipinski definition) is 1. The maximum Gasteiger partial charge on any atom is 0.127 e. The first kappa shape index (κ1) is 21.7. The van der Waals surface area contributed by atoms with E-state index >= 15 is 0 Å². The molecule has 3 aromatic heterocycles. The molecule has 1 aliphatic rings. The number of aromatic amines is 1. The van der Waals surface area contributed by atoms with Crippen LogP contribution in [0.1, 0.15) is 30.0 Å². The van der Waals surface area contributed by atoms with Gasteiger partial charge in [-0.25, -0.2) is 4.39 Å². The molecule has 6 rings (SSSR count). The lowest BCUT2D eigenvalue weighted by molar-refractivity contribution is 0.161. The Morgan fingerprint density at radius 1 is 1.06 bits per heavy atom. The van der Waals surface area contributed by atoms with Gasteiger partial charge in [0.05, 0.1) is 17.8 Å². The molecule has 6 nitrogen and oxygen atoms in total. The smallest absolute Gasteiger partial charge is 0.127 e. The number of pyridine rings is 1. The maximum atomic E-state index is 14.4. The van der Waals surface area contributed by atoms with Gasteiger partial charge in [-0.2, -0.15) is 10.2 Å². The highest BCUT2D eigenvalue weighted by Crippen LogP contribution is 2.31.